The van der Waals surface area contributed by atoms with E-state index in [1.165, 1.54) is 64.2 Å². The first kappa shape index (κ1) is 23.9. The molecule has 0 spiro atoms. The van der Waals surface area contributed by atoms with E-state index >= 15 is 0 Å². The third kappa shape index (κ3) is 18.2. The molecule has 0 heterocycles. The first-order valence-corrected chi connectivity index (χ1v) is 10.4. The Kier molecular flexibility index (Phi) is 13.1. The van der Waals surface area contributed by atoms with Crippen molar-refractivity contribution < 1.29 is 13.7 Å². The third-order valence-electron chi connectivity index (χ3n) is 4.35. The lowest BCUT2D eigenvalue weighted by atomic mass is 10.1. The normalized spacial score (nSPS) is 13.0. The fraction of sp³-hybridized carbons (Fsp3) is 1.00. The van der Waals surface area contributed by atoms with Crippen molar-refractivity contribution in [3.63, 3.8) is 0 Å². The molecule has 0 saturated heterocycles. The van der Waals surface area contributed by atoms with Gasteiger partial charge in [-0.05, 0) is 6.42 Å². The SMILES string of the molecule is CCCCCCCCCCCCOC(C[N+](C)(C)C)C[N+](C)(C)C. The zero-order valence-electron chi connectivity index (χ0n) is 18.1. The lowest BCUT2D eigenvalue weighted by Crippen LogP contribution is -2.50. The average molecular weight is 345 g/mol. The highest BCUT2D eigenvalue weighted by molar-refractivity contribution is 4.56. The summed E-state index contributed by atoms with van der Waals surface area (Å²) in [6.07, 6.45) is 14.2. The van der Waals surface area contributed by atoms with Gasteiger partial charge in [0.15, 0.2) is 6.10 Å². The maximum Gasteiger partial charge on any atom is 0.155 e. The van der Waals surface area contributed by atoms with E-state index < -0.39 is 0 Å². The first-order valence-electron chi connectivity index (χ1n) is 10.4. The molecule has 0 atom stereocenters. The number of unbranched alkanes of at least 4 members (excludes halogenated alkanes) is 9. The van der Waals surface area contributed by atoms with Crippen LogP contribution >= 0.6 is 0 Å². The minimum atomic E-state index is 0.364. The molecule has 24 heavy (non-hydrogen) atoms. The molecule has 146 valence electrons. The van der Waals surface area contributed by atoms with Gasteiger partial charge in [0, 0.05) is 6.61 Å². The summed E-state index contributed by atoms with van der Waals surface area (Å²) in [5.41, 5.74) is 0. The Morgan fingerprint density at radius 2 is 0.958 bits per heavy atom. The van der Waals surface area contributed by atoms with Crippen molar-refractivity contribution in [2.45, 2.75) is 77.2 Å². The van der Waals surface area contributed by atoms with Gasteiger partial charge >= 0.3 is 0 Å². The molecule has 3 heteroatoms. The predicted molar refractivity (Wildman–Crippen MR) is 107 cm³/mol. The highest BCUT2D eigenvalue weighted by atomic mass is 16.5. The number of quaternary nitrogens is 2. The Balaban J connectivity index is 3.69. The predicted octanol–water partition coefficient (Wildman–Crippen LogP) is 4.70. The van der Waals surface area contributed by atoms with E-state index in [2.05, 4.69) is 49.2 Å². The van der Waals surface area contributed by atoms with Crippen molar-refractivity contribution in [1.29, 1.82) is 0 Å². The number of likely N-dealkylation sites (N-methyl/N-ethyl adjacent to an activating group) is 2. The lowest BCUT2D eigenvalue weighted by molar-refractivity contribution is -0.895. The van der Waals surface area contributed by atoms with Crippen molar-refractivity contribution in [3.8, 4) is 0 Å². The molecule has 0 N–H and O–H groups in total. The van der Waals surface area contributed by atoms with Gasteiger partial charge in [-0.25, -0.2) is 0 Å². The van der Waals surface area contributed by atoms with Gasteiger partial charge in [0.25, 0.3) is 0 Å². The second kappa shape index (κ2) is 13.1. The summed E-state index contributed by atoms with van der Waals surface area (Å²) in [5.74, 6) is 0. The number of hydrogen-bond donors (Lipinski definition) is 0. The highest BCUT2D eigenvalue weighted by Gasteiger charge is 2.24. The molecule has 3 nitrogen and oxygen atoms in total. The van der Waals surface area contributed by atoms with E-state index in [9.17, 15) is 0 Å². The summed E-state index contributed by atoms with van der Waals surface area (Å²) in [6, 6.07) is 0. The van der Waals surface area contributed by atoms with Gasteiger partial charge in [-0.1, -0.05) is 64.7 Å². The maximum absolute atomic E-state index is 6.23. The monoisotopic (exact) mass is 344 g/mol. The fourth-order valence-corrected chi connectivity index (χ4v) is 3.22. The second-order valence-corrected chi connectivity index (χ2v) is 9.62. The molecule has 0 aromatic heterocycles. The quantitative estimate of drug-likeness (QED) is 0.291. The first-order chi connectivity index (χ1) is 11.1. The van der Waals surface area contributed by atoms with Gasteiger partial charge in [-0.15, -0.1) is 0 Å². The lowest BCUT2D eigenvalue weighted by Gasteiger charge is -2.33. The molecule has 0 aliphatic heterocycles. The van der Waals surface area contributed by atoms with E-state index in [-0.39, 0.29) is 0 Å². The van der Waals surface area contributed by atoms with Crippen LogP contribution in [0.4, 0.5) is 0 Å². The molecule has 0 bridgehead atoms. The number of hydrogen-bond acceptors (Lipinski definition) is 1. The van der Waals surface area contributed by atoms with Crippen LogP contribution in [0.2, 0.25) is 0 Å². The summed E-state index contributed by atoms with van der Waals surface area (Å²) in [5, 5.41) is 0. The topological polar surface area (TPSA) is 9.23 Å². The van der Waals surface area contributed by atoms with Gasteiger partial charge < -0.3 is 13.7 Å². The van der Waals surface area contributed by atoms with Crippen LogP contribution in [0.25, 0.3) is 0 Å². The van der Waals surface area contributed by atoms with Gasteiger partial charge in [0.1, 0.15) is 13.1 Å². The Hall–Kier alpha value is -0.120. The molecule has 0 rings (SSSR count). The van der Waals surface area contributed by atoms with Crippen molar-refractivity contribution in [2.75, 3.05) is 62.0 Å². The molecule has 0 radical (unpaired) electrons. The van der Waals surface area contributed by atoms with Crippen LogP contribution in [0.15, 0.2) is 0 Å². The van der Waals surface area contributed by atoms with Gasteiger partial charge in [0.05, 0.1) is 42.3 Å². The maximum atomic E-state index is 6.23. The highest BCUT2D eigenvalue weighted by Crippen LogP contribution is 2.11. The van der Waals surface area contributed by atoms with E-state index in [1.54, 1.807) is 0 Å². The standard InChI is InChI=1S/C21H48N2O/c1-8-9-10-11-12-13-14-15-16-17-18-24-21(19-22(2,3)4)20-23(5,6)7/h21H,8-20H2,1-7H3/q+2. The molecule has 0 aliphatic carbocycles. The van der Waals surface area contributed by atoms with Gasteiger partial charge in [0.2, 0.25) is 0 Å². The molecule has 0 aromatic rings. The molecule has 0 fully saturated rings. The summed E-state index contributed by atoms with van der Waals surface area (Å²) < 4.78 is 8.18. The molecule has 0 aromatic carbocycles. The summed E-state index contributed by atoms with van der Waals surface area (Å²) in [4.78, 5) is 0. The van der Waals surface area contributed by atoms with Crippen molar-refractivity contribution >= 4 is 0 Å². The zero-order valence-corrected chi connectivity index (χ0v) is 18.1. The van der Waals surface area contributed by atoms with Crippen LogP contribution in [0.1, 0.15) is 71.1 Å². The Morgan fingerprint density at radius 1 is 0.583 bits per heavy atom. The van der Waals surface area contributed by atoms with Gasteiger partial charge in [-0.2, -0.15) is 0 Å². The largest absolute Gasteiger partial charge is 0.366 e. The van der Waals surface area contributed by atoms with Crippen LogP contribution < -0.4 is 0 Å². The number of ether oxygens (including phenoxy) is 1. The Labute approximate surface area is 153 Å². The van der Waals surface area contributed by atoms with Crippen LogP contribution in [-0.2, 0) is 4.74 Å². The zero-order chi connectivity index (χ0) is 18.5. The molecule has 0 aliphatic rings. The van der Waals surface area contributed by atoms with E-state index in [0.717, 1.165) is 28.7 Å². The smallest absolute Gasteiger partial charge is 0.155 e. The van der Waals surface area contributed by atoms with Crippen molar-refractivity contribution in [3.05, 3.63) is 0 Å². The molecule has 0 unspecified atom stereocenters. The van der Waals surface area contributed by atoms with E-state index in [1.807, 2.05) is 0 Å². The summed E-state index contributed by atoms with van der Waals surface area (Å²) in [7, 11) is 13.5. The molecular weight excluding hydrogens is 296 g/mol. The molecule has 0 saturated carbocycles. The van der Waals surface area contributed by atoms with Crippen molar-refractivity contribution in [1.82, 2.24) is 0 Å². The summed E-state index contributed by atoms with van der Waals surface area (Å²) >= 11 is 0. The summed E-state index contributed by atoms with van der Waals surface area (Å²) in [6.45, 7) is 5.40. The van der Waals surface area contributed by atoms with Crippen LogP contribution in [0.3, 0.4) is 0 Å². The minimum absolute atomic E-state index is 0.364. The van der Waals surface area contributed by atoms with Crippen LogP contribution in [0, 0.1) is 0 Å². The Morgan fingerprint density at radius 3 is 1.33 bits per heavy atom. The van der Waals surface area contributed by atoms with E-state index in [0.29, 0.717) is 6.10 Å². The second-order valence-electron chi connectivity index (χ2n) is 9.62. The molecule has 0 amide bonds. The minimum Gasteiger partial charge on any atom is -0.366 e. The van der Waals surface area contributed by atoms with E-state index in [4.69, 9.17) is 4.74 Å². The van der Waals surface area contributed by atoms with Crippen LogP contribution in [0.5, 0.6) is 0 Å². The fourth-order valence-electron chi connectivity index (χ4n) is 3.22. The van der Waals surface area contributed by atoms with Gasteiger partial charge in [-0.3, -0.25) is 0 Å². The average Bonchev–Trinajstić information content (AvgIpc) is 2.41. The third-order valence-corrected chi connectivity index (χ3v) is 4.35. The number of nitrogens with zero attached hydrogens (tertiary/aromatic N) is 2. The molecular formula is C21H48N2O+2. The van der Waals surface area contributed by atoms with Crippen molar-refractivity contribution in [2.24, 2.45) is 0 Å². The van der Waals surface area contributed by atoms with Crippen LogP contribution in [-0.4, -0.2) is 77.1 Å². The Bertz CT molecular complexity index is 263. The number of rotatable bonds is 16.